The number of nitrogens with zero attached hydrogens (tertiary/aromatic N) is 1. The minimum absolute atomic E-state index is 0.118. The van der Waals surface area contributed by atoms with Crippen LogP contribution in [-0.4, -0.2) is 17.9 Å². The second kappa shape index (κ2) is 7.61. The van der Waals surface area contributed by atoms with E-state index in [1.807, 2.05) is 30.3 Å². The molecule has 0 aromatic heterocycles. The summed E-state index contributed by atoms with van der Waals surface area (Å²) in [5.41, 5.74) is 6.42. The minimum Gasteiger partial charge on any atom is -0.479 e. The van der Waals surface area contributed by atoms with E-state index in [-0.39, 0.29) is 5.84 Å². The molecule has 2 aromatic carbocycles. The number of hydrogen-bond donors (Lipinski definition) is 1. The van der Waals surface area contributed by atoms with Crippen LogP contribution in [0.5, 0.6) is 5.75 Å². The number of rotatable bonds is 5. The Morgan fingerprint density at radius 3 is 2.41 bits per heavy atom. The van der Waals surface area contributed by atoms with E-state index in [1.54, 1.807) is 31.2 Å². The number of amidine groups is 1. The predicted octanol–water partition coefficient (Wildman–Crippen LogP) is 3.08. The maximum absolute atomic E-state index is 11.8. The maximum Gasteiger partial charge on any atom is 0.374 e. The summed E-state index contributed by atoms with van der Waals surface area (Å²) in [7, 11) is 0. The van der Waals surface area contributed by atoms with Crippen LogP contribution in [0.25, 0.3) is 0 Å². The summed E-state index contributed by atoms with van der Waals surface area (Å²) in [5, 5.41) is 3.64. The van der Waals surface area contributed by atoms with E-state index in [0.29, 0.717) is 11.3 Å². The van der Waals surface area contributed by atoms with Gasteiger partial charge in [0.15, 0.2) is 11.9 Å². The molecule has 0 bridgehead atoms. The van der Waals surface area contributed by atoms with Crippen molar-refractivity contribution in [3.63, 3.8) is 0 Å². The maximum atomic E-state index is 11.8. The summed E-state index contributed by atoms with van der Waals surface area (Å²) < 4.78 is 6.36. The van der Waals surface area contributed by atoms with E-state index < -0.39 is 12.1 Å². The van der Waals surface area contributed by atoms with Gasteiger partial charge in [0.2, 0.25) is 0 Å². The number of ether oxygens (including phenoxy) is 1. The van der Waals surface area contributed by atoms with Crippen LogP contribution in [0.1, 0.15) is 12.5 Å². The highest BCUT2D eigenvalue weighted by Crippen LogP contribution is 2.12. The lowest BCUT2D eigenvalue weighted by Crippen LogP contribution is -2.26. The molecule has 1 atom stereocenters. The van der Waals surface area contributed by atoms with Crippen LogP contribution < -0.4 is 10.5 Å². The molecule has 22 heavy (non-hydrogen) atoms. The quantitative estimate of drug-likeness (QED) is 0.384. The van der Waals surface area contributed by atoms with Crippen LogP contribution >= 0.6 is 15.9 Å². The van der Waals surface area contributed by atoms with Crippen molar-refractivity contribution in [3.8, 4) is 5.75 Å². The second-order valence-electron chi connectivity index (χ2n) is 4.47. The second-order valence-corrected chi connectivity index (χ2v) is 5.38. The fourth-order valence-electron chi connectivity index (χ4n) is 1.59. The number of para-hydroxylation sites is 1. The molecule has 0 amide bonds. The van der Waals surface area contributed by atoms with Gasteiger partial charge in [-0.25, -0.2) is 4.79 Å². The average Bonchev–Trinajstić information content (AvgIpc) is 2.53. The van der Waals surface area contributed by atoms with E-state index in [1.165, 1.54) is 0 Å². The fourth-order valence-corrected chi connectivity index (χ4v) is 1.86. The monoisotopic (exact) mass is 362 g/mol. The Balaban J connectivity index is 1.93. The number of carbonyl (C=O) groups excluding carboxylic acids is 1. The van der Waals surface area contributed by atoms with Crippen LogP contribution in [0.3, 0.4) is 0 Å². The highest BCUT2D eigenvalue weighted by Gasteiger charge is 2.17. The van der Waals surface area contributed by atoms with Gasteiger partial charge in [-0.2, -0.15) is 0 Å². The third kappa shape index (κ3) is 4.60. The Morgan fingerprint density at radius 1 is 1.14 bits per heavy atom. The van der Waals surface area contributed by atoms with Crippen molar-refractivity contribution < 1.29 is 14.4 Å². The summed E-state index contributed by atoms with van der Waals surface area (Å²) in [6, 6.07) is 16.2. The largest absolute Gasteiger partial charge is 0.479 e. The first-order chi connectivity index (χ1) is 10.6. The SMILES string of the molecule is CC(Oc1ccccc1)C(=O)ON=C(N)c1ccc(Br)cc1. The Labute approximate surface area is 136 Å². The molecule has 1 unspecified atom stereocenters. The summed E-state index contributed by atoms with van der Waals surface area (Å²) in [6.45, 7) is 1.58. The zero-order valence-electron chi connectivity index (χ0n) is 11.9. The Bertz CT molecular complexity index is 657. The van der Waals surface area contributed by atoms with Gasteiger partial charge in [0.1, 0.15) is 5.75 Å². The van der Waals surface area contributed by atoms with Crippen molar-refractivity contribution in [1.82, 2.24) is 0 Å². The van der Waals surface area contributed by atoms with Crippen molar-refractivity contribution >= 4 is 27.7 Å². The highest BCUT2D eigenvalue weighted by atomic mass is 79.9. The lowest BCUT2D eigenvalue weighted by atomic mass is 10.2. The summed E-state index contributed by atoms with van der Waals surface area (Å²) in [6.07, 6.45) is -0.788. The molecule has 0 aliphatic heterocycles. The number of hydrogen-bond acceptors (Lipinski definition) is 4. The van der Waals surface area contributed by atoms with Crippen LogP contribution in [0.15, 0.2) is 64.2 Å². The molecule has 0 aliphatic carbocycles. The lowest BCUT2D eigenvalue weighted by molar-refractivity contribution is -0.151. The molecule has 0 radical (unpaired) electrons. The van der Waals surface area contributed by atoms with Gasteiger partial charge >= 0.3 is 5.97 Å². The van der Waals surface area contributed by atoms with E-state index in [2.05, 4.69) is 21.1 Å². The van der Waals surface area contributed by atoms with Crippen LogP contribution in [0.4, 0.5) is 0 Å². The molecule has 6 heteroatoms. The number of oxime groups is 1. The van der Waals surface area contributed by atoms with Gasteiger partial charge < -0.3 is 15.3 Å². The molecule has 0 saturated heterocycles. The normalized spacial score (nSPS) is 12.5. The average molecular weight is 363 g/mol. The summed E-state index contributed by atoms with van der Waals surface area (Å²) in [4.78, 5) is 16.6. The van der Waals surface area contributed by atoms with Gasteiger partial charge in [0.25, 0.3) is 0 Å². The molecule has 2 N–H and O–H groups in total. The van der Waals surface area contributed by atoms with Gasteiger partial charge in [0, 0.05) is 10.0 Å². The third-order valence-corrected chi connectivity index (χ3v) is 3.29. The smallest absolute Gasteiger partial charge is 0.374 e. The standard InChI is InChI=1S/C16H15BrN2O3/c1-11(21-14-5-3-2-4-6-14)16(20)22-19-15(18)12-7-9-13(17)10-8-12/h2-11H,1H3,(H2,18,19). The fraction of sp³-hybridized carbons (Fsp3) is 0.125. The summed E-state index contributed by atoms with van der Waals surface area (Å²) in [5.74, 6) is 0.0773. The molecular formula is C16H15BrN2O3. The van der Waals surface area contributed by atoms with Gasteiger partial charge in [-0.1, -0.05) is 51.4 Å². The first kappa shape index (κ1) is 16.0. The number of halogens is 1. The zero-order valence-corrected chi connectivity index (χ0v) is 13.5. The van der Waals surface area contributed by atoms with Crippen molar-refractivity contribution in [2.24, 2.45) is 10.9 Å². The molecule has 0 aliphatic rings. The van der Waals surface area contributed by atoms with E-state index in [4.69, 9.17) is 15.3 Å². The van der Waals surface area contributed by atoms with Gasteiger partial charge in [-0.15, -0.1) is 0 Å². The van der Waals surface area contributed by atoms with Crippen LogP contribution in [0.2, 0.25) is 0 Å². The van der Waals surface area contributed by atoms with E-state index in [0.717, 1.165) is 4.47 Å². The van der Waals surface area contributed by atoms with E-state index in [9.17, 15) is 4.79 Å². The van der Waals surface area contributed by atoms with Gasteiger partial charge in [0.05, 0.1) is 0 Å². The van der Waals surface area contributed by atoms with Crippen molar-refractivity contribution in [2.45, 2.75) is 13.0 Å². The molecule has 0 heterocycles. The van der Waals surface area contributed by atoms with Crippen molar-refractivity contribution in [1.29, 1.82) is 0 Å². The molecule has 0 saturated carbocycles. The first-order valence-electron chi connectivity index (χ1n) is 6.58. The molecule has 114 valence electrons. The van der Waals surface area contributed by atoms with Crippen molar-refractivity contribution in [3.05, 3.63) is 64.6 Å². The number of benzene rings is 2. The number of nitrogens with two attached hydrogens (primary N) is 1. The molecule has 2 rings (SSSR count). The Kier molecular flexibility index (Phi) is 5.55. The zero-order chi connectivity index (χ0) is 15.9. The van der Waals surface area contributed by atoms with Crippen LogP contribution in [-0.2, 0) is 9.63 Å². The Morgan fingerprint density at radius 2 is 1.77 bits per heavy atom. The van der Waals surface area contributed by atoms with Crippen molar-refractivity contribution in [2.75, 3.05) is 0 Å². The number of carbonyl (C=O) groups is 1. The summed E-state index contributed by atoms with van der Waals surface area (Å²) >= 11 is 3.32. The lowest BCUT2D eigenvalue weighted by Gasteiger charge is -2.11. The van der Waals surface area contributed by atoms with Gasteiger partial charge in [-0.3, -0.25) is 0 Å². The van der Waals surface area contributed by atoms with Gasteiger partial charge in [-0.05, 0) is 31.2 Å². The topological polar surface area (TPSA) is 73.9 Å². The van der Waals surface area contributed by atoms with Crippen LogP contribution in [0, 0.1) is 0 Å². The first-order valence-corrected chi connectivity index (χ1v) is 7.37. The molecule has 2 aromatic rings. The molecule has 0 fully saturated rings. The Hall–Kier alpha value is -2.34. The predicted molar refractivity (Wildman–Crippen MR) is 87.5 cm³/mol. The molecule has 5 nitrogen and oxygen atoms in total. The minimum atomic E-state index is -0.788. The van der Waals surface area contributed by atoms with E-state index >= 15 is 0 Å². The highest BCUT2D eigenvalue weighted by molar-refractivity contribution is 9.10. The molecular weight excluding hydrogens is 348 g/mol. The third-order valence-electron chi connectivity index (χ3n) is 2.76. The molecule has 0 spiro atoms.